The van der Waals surface area contributed by atoms with Crippen molar-refractivity contribution in [2.45, 2.75) is 6.92 Å². The first-order valence-corrected chi connectivity index (χ1v) is 6.53. The summed E-state index contributed by atoms with van der Waals surface area (Å²) < 4.78 is 6.49. The number of ether oxygens (including phenoxy) is 1. The van der Waals surface area contributed by atoms with Crippen molar-refractivity contribution in [2.75, 3.05) is 6.61 Å². The minimum absolute atomic E-state index is 0.280. The first kappa shape index (κ1) is 11.8. The molecule has 3 aromatic rings. The molecule has 3 aromatic heterocycles. The van der Waals surface area contributed by atoms with Crippen LogP contribution in [0.4, 0.5) is 0 Å². The van der Waals surface area contributed by atoms with Gasteiger partial charge >= 0.3 is 5.97 Å². The third kappa shape index (κ3) is 2.19. The molecule has 0 aliphatic carbocycles. The Morgan fingerprint density at radius 3 is 2.89 bits per heavy atom. The zero-order chi connectivity index (χ0) is 13.2. The lowest BCUT2D eigenvalue weighted by atomic mass is 10.3. The SMILES string of the molecule is CCOC(=O)c1cn2nc(-c3ccncc3)sc2n1. The summed E-state index contributed by atoms with van der Waals surface area (Å²) in [5.74, 6) is -0.425. The molecule has 0 unspecified atom stereocenters. The van der Waals surface area contributed by atoms with Gasteiger partial charge < -0.3 is 4.74 Å². The molecule has 0 aliphatic heterocycles. The fraction of sp³-hybridized carbons (Fsp3) is 0.167. The van der Waals surface area contributed by atoms with E-state index in [1.807, 2.05) is 12.1 Å². The summed E-state index contributed by atoms with van der Waals surface area (Å²) in [5, 5.41) is 5.22. The van der Waals surface area contributed by atoms with E-state index in [9.17, 15) is 4.79 Å². The normalized spacial score (nSPS) is 10.8. The molecule has 0 aromatic carbocycles. The summed E-state index contributed by atoms with van der Waals surface area (Å²) >= 11 is 1.41. The number of rotatable bonds is 3. The smallest absolute Gasteiger partial charge is 0.358 e. The third-order valence-corrected chi connectivity index (χ3v) is 3.43. The maximum atomic E-state index is 11.5. The average molecular weight is 274 g/mol. The topological polar surface area (TPSA) is 69.4 Å². The molecule has 3 heterocycles. The van der Waals surface area contributed by atoms with E-state index in [1.165, 1.54) is 11.3 Å². The largest absolute Gasteiger partial charge is 0.461 e. The van der Waals surface area contributed by atoms with Crippen LogP contribution in [0, 0.1) is 0 Å². The van der Waals surface area contributed by atoms with Crippen LogP contribution in [0.5, 0.6) is 0 Å². The van der Waals surface area contributed by atoms with Crippen LogP contribution in [0.2, 0.25) is 0 Å². The quantitative estimate of drug-likeness (QED) is 0.683. The van der Waals surface area contributed by atoms with Crippen molar-refractivity contribution in [1.29, 1.82) is 0 Å². The van der Waals surface area contributed by atoms with Crippen molar-refractivity contribution in [3.8, 4) is 10.6 Å². The van der Waals surface area contributed by atoms with Gasteiger partial charge in [-0.3, -0.25) is 4.98 Å². The van der Waals surface area contributed by atoms with E-state index in [1.54, 1.807) is 30.0 Å². The Kier molecular flexibility index (Phi) is 2.96. The second-order valence-electron chi connectivity index (χ2n) is 3.72. The highest BCUT2D eigenvalue weighted by atomic mass is 32.1. The molecule has 0 bridgehead atoms. The summed E-state index contributed by atoms with van der Waals surface area (Å²) in [6.45, 7) is 2.09. The second kappa shape index (κ2) is 4.77. The first-order chi connectivity index (χ1) is 9.28. The molecule has 7 heteroatoms. The molecule has 19 heavy (non-hydrogen) atoms. The van der Waals surface area contributed by atoms with Crippen LogP contribution in [0.3, 0.4) is 0 Å². The lowest BCUT2D eigenvalue weighted by molar-refractivity contribution is 0.0520. The summed E-state index contributed by atoms with van der Waals surface area (Å²) in [6, 6.07) is 3.76. The van der Waals surface area contributed by atoms with Crippen LogP contribution in [0.25, 0.3) is 15.5 Å². The Bertz CT molecular complexity index is 688. The number of aromatic nitrogens is 4. The average Bonchev–Trinajstić information content (AvgIpc) is 2.98. The van der Waals surface area contributed by atoms with E-state index < -0.39 is 5.97 Å². The summed E-state index contributed by atoms with van der Waals surface area (Å²) in [7, 11) is 0. The van der Waals surface area contributed by atoms with Gasteiger partial charge in [0.25, 0.3) is 0 Å². The van der Waals surface area contributed by atoms with E-state index >= 15 is 0 Å². The Morgan fingerprint density at radius 2 is 2.21 bits per heavy atom. The number of carbonyl (C=O) groups excluding carboxylic acids is 1. The van der Waals surface area contributed by atoms with Crippen molar-refractivity contribution in [3.05, 3.63) is 36.4 Å². The number of carbonyl (C=O) groups is 1. The zero-order valence-electron chi connectivity index (χ0n) is 10.1. The van der Waals surface area contributed by atoms with Gasteiger partial charge in [0.05, 0.1) is 12.8 Å². The van der Waals surface area contributed by atoms with E-state index in [4.69, 9.17) is 4.74 Å². The van der Waals surface area contributed by atoms with Gasteiger partial charge in [0, 0.05) is 18.0 Å². The molecule has 0 atom stereocenters. The molecule has 6 nitrogen and oxygen atoms in total. The van der Waals surface area contributed by atoms with Crippen LogP contribution in [0.1, 0.15) is 17.4 Å². The fourth-order valence-corrected chi connectivity index (χ4v) is 2.50. The number of hydrogen-bond donors (Lipinski definition) is 0. The van der Waals surface area contributed by atoms with Crippen LogP contribution in [0.15, 0.2) is 30.7 Å². The van der Waals surface area contributed by atoms with E-state index in [-0.39, 0.29) is 5.69 Å². The van der Waals surface area contributed by atoms with Gasteiger partial charge in [-0.1, -0.05) is 11.3 Å². The maximum absolute atomic E-state index is 11.5. The third-order valence-electron chi connectivity index (χ3n) is 2.46. The highest BCUT2D eigenvalue weighted by molar-refractivity contribution is 7.19. The first-order valence-electron chi connectivity index (χ1n) is 5.71. The lowest BCUT2D eigenvalue weighted by Crippen LogP contribution is -2.04. The van der Waals surface area contributed by atoms with Crippen LogP contribution < -0.4 is 0 Å². The summed E-state index contributed by atoms with van der Waals surface area (Å²) in [4.78, 5) is 20.4. The van der Waals surface area contributed by atoms with Crippen molar-refractivity contribution in [1.82, 2.24) is 19.6 Å². The zero-order valence-corrected chi connectivity index (χ0v) is 10.9. The lowest BCUT2D eigenvalue weighted by Gasteiger charge is -1.95. The van der Waals surface area contributed by atoms with Crippen molar-refractivity contribution in [3.63, 3.8) is 0 Å². The van der Waals surface area contributed by atoms with Gasteiger partial charge in [-0.05, 0) is 19.1 Å². The highest BCUT2D eigenvalue weighted by Crippen LogP contribution is 2.24. The van der Waals surface area contributed by atoms with Gasteiger partial charge in [-0.2, -0.15) is 5.10 Å². The second-order valence-corrected chi connectivity index (χ2v) is 4.67. The number of nitrogens with zero attached hydrogens (tertiary/aromatic N) is 4. The number of esters is 1. The molecule has 0 saturated heterocycles. The standard InChI is InChI=1S/C12H10N4O2S/c1-2-18-11(17)9-7-16-12(14-9)19-10(15-16)8-3-5-13-6-4-8/h3-7H,2H2,1H3. The Balaban J connectivity index is 1.96. The number of hydrogen-bond acceptors (Lipinski definition) is 6. The molecule has 0 radical (unpaired) electrons. The van der Waals surface area contributed by atoms with E-state index in [2.05, 4.69) is 15.1 Å². The minimum Gasteiger partial charge on any atom is -0.461 e. The minimum atomic E-state index is -0.425. The molecule has 3 rings (SSSR count). The molecule has 0 fully saturated rings. The molecule has 96 valence electrons. The predicted molar refractivity (Wildman–Crippen MR) is 70.1 cm³/mol. The molecule has 0 spiro atoms. The summed E-state index contributed by atoms with van der Waals surface area (Å²) in [6.07, 6.45) is 5.00. The number of imidazole rings is 1. The van der Waals surface area contributed by atoms with Gasteiger partial charge in [-0.15, -0.1) is 0 Å². The molecular formula is C12H10N4O2S. The Morgan fingerprint density at radius 1 is 1.42 bits per heavy atom. The van der Waals surface area contributed by atoms with Gasteiger partial charge in [0.2, 0.25) is 4.96 Å². The van der Waals surface area contributed by atoms with Gasteiger partial charge in [-0.25, -0.2) is 14.3 Å². The number of pyridine rings is 1. The van der Waals surface area contributed by atoms with Crippen LogP contribution >= 0.6 is 11.3 Å². The maximum Gasteiger partial charge on any atom is 0.358 e. The van der Waals surface area contributed by atoms with Gasteiger partial charge in [0.15, 0.2) is 5.69 Å². The van der Waals surface area contributed by atoms with Crippen molar-refractivity contribution >= 4 is 22.3 Å². The molecule has 0 N–H and O–H groups in total. The van der Waals surface area contributed by atoms with E-state index in [0.717, 1.165) is 10.6 Å². The summed E-state index contributed by atoms with van der Waals surface area (Å²) in [5.41, 5.74) is 1.25. The van der Waals surface area contributed by atoms with E-state index in [0.29, 0.717) is 11.6 Å². The van der Waals surface area contributed by atoms with Crippen LogP contribution in [-0.4, -0.2) is 32.2 Å². The fourth-order valence-electron chi connectivity index (χ4n) is 1.61. The molecule has 0 aliphatic rings. The number of fused-ring (bicyclic) bond motifs is 1. The Hall–Kier alpha value is -2.28. The molecule has 0 saturated carbocycles. The van der Waals surface area contributed by atoms with Crippen molar-refractivity contribution in [2.24, 2.45) is 0 Å². The predicted octanol–water partition coefficient (Wildman–Crippen LogP) is 2.03. The molecule has 0 amide bonds. The van der Waals surface area contributed by atoms with Crippen LogP contribution in [-0.2, 0) is 4.74 Å². The van der Waals surface area contributed by atoms with Crippen molar-refractivity contribution < 1.29 is 9.53 Å². The molecular weight excluding hydrogens is 264 g/mol. The van der Waals surface area contributed by atoms with Gasteiger partial charge in [0.1, 0.15) is 5.01 Å². The monoisotopic (exact) mass is 274 g/mol. The Labute approximate surface area is 112 Å². The highest BCUT2D eigenvalue weighted by Gasteiger charge is 2.15.